The first-order chi connectivity index (χ1) is 5.77. The monoisotopic (exact) mass is 163 g/mol. The van der Waals surface area contributed by atoms with E-state index >= 15 is 0 Å². The van der Waals surface area contributed by atoms with Crippen molar-refractivity contribution in [2.24, 2.45) is 11.5 Å². The van der Waals surface area contributed by atoms with Crippen LogP contribution in [0.3, 0.4) is 0 Å². The first-order valence-corrected chi connectivity index (χ1v) is 3.82. The fraction of sp³-hybridized carbons (Fsp3) is 0.222. The van der Waals surface area contributed by atoms with E-state index in [4.69, 9.17) is 11.5 Å². The third kappa shape index (κ3) is 1.90. The molecule has 0 bridgehead atoms. The largest absolute Gasteiger partial charge is 0.329 e. The molecule has 3 nitrogen and oxygen atoms in total. The lowest BCUT2D eigenvalue weighted by atomic mass is 10.1. The van der Waals surface area contributed by atoms with Crippen LogP contribution in [0.5, 0.6) is 0 Å². The predicted octanol–water partition coefficient (Wildman–Crippen LogP) is 0.683. The second-order valence-electron chi connectivity index (χ2n) is 2.56. The number of aromatic nitrogens is 1. The van der Waals surface area contributed by atoms with Gasteiger partial charge < -0.3 is 11.5 Å². The molecule has 1 heterocycles. The highest BCUT2D eigenvalue weighted by atomic mass is 14.7. The van der Waals surface area contributed by atoms with Gasteiger partial charge in [-0.3, -0.25) is 4.98 Å². The molecular formula is C9H13N3. The number of nitrogens with zero attached hydrogens (tertiary/aromatic N) is 1. The highest BCUT2D eigenvalue weighted by molar-refractivity contribution is 5.43. The maximum Gasteiger partial charge on any atom is 0.0627 e. The molecule has 0 saturated carbocycles. The Balaban J connectivity index is 2.93. The number of nitrogens with two attached hydrogens (primary N) is 2. The smallest absolute Gasteiger partial charge is 0.0627 e. The van der Waals surface area contributed by atoms with E-state index in [0.29, 0.717) is 6.54 Å². The number of pyridine rings is 1. The summed E-state index contributed by atoms with van der Waals surface area (Å²) in [4.78, 5) is 4.06. The molecule has 0 saturated heterocycles. The Morgan fingerprint density at radius 2 is 2.42 bits per heavy atom. The van der Waals surface area contributed by atoms with E-state index in [1.54, 1.807) is 12.3 Å². The van der Waals surface area contributed by atoms with E-state index in [1.165, 1.54) is 0 Å². The van der Waals surface area contributed by atoms with Crippen LogP contribution >= 0.6 is 0 Å². The summed E-state index contributed by atoms with van der Waals surface area (Å²) < 4.78 is 0. The van der Waals surface area contributed by atoms with Crippen molar-refractivity contribution in [1.29, 1.82) is 0 Å². The topological polar surface area (TPSA) is 64.9 Å². The number of hydrogen-bond acceptors (Lipinski definition) is 3. The minimum atomic E-state index is -0.105. The van der Waals surface area contributed by atoms with Crippen LogP contribution in [0, 0.1) is 0 Å². The van der Waals surface area contributed by atoms with E-state index in [0.717, 1.165) is 11.3 Å². The SMILES string of the molecule is C=Cc1cc([C@@H](N)CN)ccn1. The van der Waals surface area contributed by atoms with Crippen LogP contribution in [0.1, 0.15) is 17.3 Å². The van der Waals surface area contributed by atoms with Crippen molar-refractivity contribution in [2.45, 2.75) is 6.04 Å². The van der Waals surface area contributed by atoms with Gasteiger partial charge in [0.15, 0.2) is 0 Å². The molecule has 0 fully saturated rings. The van der Waals surface area contributed by atoms with E-state index in [9.17, 15) is 0 Å². The maximum atomic E-state index is 5.73. The molecule has 1 aromatic heterocycles. The van der Waals surface area contributed by atoms with Gasteiger partial charge in [-0.1, -0.05) is 6.58 Å². The molecule has 12 heavy (non-hydrogen) atoms. The molecule has 0 aliphatic rings. The van der Waals surface area contributed by atoms with Crippen LogP contribution in [0.2, 0.25) is 0 Å². The second kappa shape index (κ2) is 3.99. The highest BCUT2D eigenvalue weighted by Gasteiger charge is 2.02. The van der Waals surface area contributed by atoms with Gasteiger partial charge in [0.05, 0.1) is 5.69 Å². The summed E-state index contributed by atoms with van der Waals surface area (Å²) in [6.07, 6.45) is 3.40. The summed E-state index contributed by atoms with van der Waals surface area (Å²) in [5, 5.41) is 0. The van der Waals surface area contributed by atoms with Gasteiger partial charge in [0.2, 0.25) is 0 Å². The van der Waals surface area contributed by atoms with Crippen LogP contribution in [-0.2, 0) is 0 Å². The fourth-order valence-corrected chi connectivity index (χ4v) is 0.944. The third-order valence-corrected chi connectivity index (χ3v) is 1.70. The van der Waals surface area contributed by atoms with Crippen molar-refractivity contribution in [3.05, 3.63) is 36.2 Å². The van der Waals surface area contributed by atoms with Crippen molar-refractivity contribution in [3.63, 3.8) is 0 Å². The minimum Gasteiger partial charge on any atom is -0.329 e. The van der Waals surface area contributed by atoms with Gasteiger partial charge in [0.1, 0.15) is 0 Å². The zero-order chi connectivity index (χ0) is 8.97. The Labute approximate surface area is 72.1 Å². The Bertz CT molecular complexity index is 270. The maximum absolute atomic E-state index is 5.73. The molecule has 0 aliphatic carbocycles. The highest BCUT2D eigenvalue weighted by Crippen LogP contribution is 2.09. The van der Waals surface area contributed by atoms with Crippen molar-refractivity contribution in [3.8, 4) is 0 Å². The molecule has 0 aromatic carbocycles. The first kappa shape index (κ1) is 8.90. The zero-order valence-corrected chi connectivity index (χ0v) is 6.90. The van der Waals surface area contributed by atoms with Crippen molar-refractivity contribution in [2.75, 3.05) is 6.54 Å². The normalized spacial score (nSPS) is 12.5. The molecule has 0 radical (unpaired) electrons. The van der Waals surface area contributed by atoms with E-state index in [-0.39, 0.29) is 6.04 Å². The summed E-state index contributed by atoms with van der Waals surface area (Å²) in [5.41, 5.74) is 13.0. The van der Waals surface area contributed by atoms with Crippen molar-refractivity contribution >= 4 is 6.08 Å². The van der Waals surface area contributed by atoms with Gasteiger partial charge >= 0.3 is 0 Å². The Hall–Kier alpha value is -1.19. The van der Waals surface area contributed by atoms with E-state index in [2.05, 4.69) is 11.6 Å². The van der Waals surface area contributed by atoms with Crippen LogP contribution in [0.15, 0.2) is 24.9 Å². The number of hydrogen-bond donors (Lipinski definition) is 2. The molecule has 3 heteroatoms. The van der Waals surface area contributed by atoms with Crippen LogP contribution < -0.4 is 11.5 Å². The number of rotatable bonds is 3. The average molecular weight is 163 g/mol. The summed E-state index contributed by atoms with van der Waals surface area (Å²) >= 11 is 0. The van der Waals surface area contributed by atoms with Gasteiger partial charge in [0, 0.05) is 18.8 Å². The minimum absolute atomic E-state index is 0.105. The third-order valence-electron chi connectivity index (χ3n) is 1.70. The molecule has 0 unspecified atom stereocenters. The molecule has 1 atom stereocenters. The zero-order valence-electron chi connectivity index (χ0n) is 6.90. The Morgan fingerprint density at radius 1 is 1.67 bits per heavy atom. The van der Waals surface area contributed by atoms with Crippen molar-refractivity contribution < 1.29 is 0 Å². The molecule has 64 valence electrons. The van der Waals surface area contributed by atoms with Crippen LogP contribution in [0.25, 0.3) is 6.08 Å². The Kier molecular flexibility index (Phi) is 2.96. The summed E-state index contributed by atoms with van der Waals surface area (Å²) in [5.74, 6) is 0. The predicted molar refractivity (Wildman–Crippen MR) is 50.3 cm³/mol. The molecule has 0 spiro atoms. The molecule has 0 amide bonds. The van der Waals surface area contributed by atoms with Gasteiger partial charge in [-0.25, -0.2) is 0 Å². The quantitative estimate of drug-likeness (QED) is 0.688. The fourth-order valence-electron chi connectivity index (χ4n) is 0.944. The van der Waals surface area contributed by atoms with Gasteiger partial charge in [-0.05, 0) is 23.8 Å². The molecule has 0 aliphatic heterocycles. The summed E-state index contributed by atoms with van der Waals surface area (Å²) in [6, 6.07) is 3.65. The molecule has 1 aromatic rings. The molecular weight excluding hydrogens is 150 g/mol. The Morgan fingerprint density at radius 3 is 3.00 bits per heavy atom. The van der Waals surface area contributed by atoms with E-state index < -0.39 is 0 Å². The summed E-state index contributed by atoms with van der Waals surface area (Å²) in [6.45, 7) is 4.07. The first-order valence-electron chi connectivity index (χ1n) is 3.82. The van der Waals surface area contributed by atoms with Gasteiger partial charge in [-0.15, -0.1) is 0 Å². The summed E-state index contributed by atoms with van der Waals surface area (Å²) in [7, 11) is 0. The second-order valence-corrected chi connectivity index (χ2v) is 2.56. The molecule has 1 rings (SSSR count). The van der Waals surface area contributed by atoms with Gasteiger partial charge in [-0.2, -0.15) is 0 Å². The van der Waals surface area contributed by atoms with Gasteiger partial charge in [0.25, 0.3) is 0 Å². The van der Waals surface area contributed by atoms with Crippen molar-refractivity contribution in [1.82, 2.24) is 4.98 Å². The lowest BCUT2D eigenvalue weighted by Gasteiger charge is -2.08. The molecule has 4 N–H and O–H groups in total. The average Bonchev–Trinajstić information content (AvgIpc) is 2.17. The standard InChI is InChI=1S/C9H13N3/c1-2-8-5-7(3-4-12-8)9(11)6-10/h2-5,9H,1,6,10-11H2/t9-/m0/s1. The van der Waals surface area contributed by atoms with Crippen LogP contribution in [-0.4, -0.2) is 11.5 Å². The van der Waals surface area contributed by atoms with E-state index in [1.807, 2.05) is 12.1 Å². The lowest BCUT2D eigenvalue weighted by molar-refractivity contribution is 0.735. The lowest BCUT2D eigenvalue weighted by Crippen LogP contribution is -2.20. The van der Waals surface area contributed by atoms with Crippen LogP contribution in [0.4, 0.5) is 0 Å².